The van der Waals surface area contributed by atoms with Crippen LogP contribution in [0.25, 0.3) is 5.57 Å². The molecule has 0 heterocycles. The Kier molecular flexibility index (Phi) is 6.13. The van der Waals surface area contributed by atoms with Crippen LogP contribution in [0, 0.1) is 11.8 Å². The molecule has 2 aromatic carbocycles. The Morgan fingerprint density at radius 1 is 0.967 bits per heavy atom. The third-order valence-electron chi connectivity index (χ3n) is 5.38. The monoisotopic (exact) mass is 396 g/mol. The van der Waals surface area contributed by atoms with Crippen LogP contribution in [0.4, 0.5) is 0 Å². The van der Waals surface area contributed by atoms with Gasteiger partial charge >= 0.3 is 5.97 Å². The van der Waals surface area contributed by atoms with Gasteiger partial charge in [0.15, 0.2) is 0 Å². The molecule has 2 heteroatoms. The lowest BCUT2D eigenvalue weighted by molar-refractivity contribution is 0.0697. The minimum Gasteiger partial charge on any atom is -0.478 e. The smallest absolute Gasteiger partial charge is 0.335 e. The van der Waals surface area contributed by atoms with Crippen LogP contribution in [0.15, 0.2) is 72.3 Å². The molecule has 0 saturated carbocycles. The van der Waals surface area contributed by atoms with E-state index >= 15 is 0 Å². The van der Waals surface area contributed by atoms with E-state index in [0.29, 0.717) is 0 Å². The second kappa shape index (κ2) is 8.59. The van der Waals surface area contributed by atoms with Crippen molar-refractivity contribution in [3.63, 3.8) is 0 Å². The van der Waals surface area contributed by atoms with E-state index in [1.54, 1.807) is 24.3 Å². The summed E-state index contributed by atoms with van der Waals surface area (Å²) >= 11 is 0. The molecule has 0 fully saturated rings. The molecule has 0 radical (unpaired) electrons. The number of aromatic carboxylic acids is 1. The number of hydrogen-bond donors (Lipinski definition) is 1. The highest BCUT2D eigenvalue weighted by Crippen LogP contribution is 2.36. The lowest BCUT2D eigenvalue weighted by Crippen LogP contribution is -2.14. The number of carboxylic acids is 1. The highest BCUT2D eigenvalue weighted by atomic mass is 16.4. The molecule has 0 aliphatic heterocycles. The Bertz CT molecular complexity index is 1110. The van der Waals surface area contributed by atoms with Crippen molar-refractivity contribution in [2.75, 3.05) is 0 Å². The van der Waals surface area contributed by atoms with Crippen molar-refractivity contribution < 1.29 is 9.90 Å². The molecule has 1 aliphatic carbocycles. The molecular weight excluding hydrogens is 368 g/mol. The first-order valence-electron chi connectivity index (χ1n) is 10.2. The van der Waals surface area contributed by atoms with Crippen molar-refractivity contribution in [2.45, 2.75) is 46.0 Å². The largest absolute Gasteiger partial charge is 0.478 e. The molecule has 0 unspecified atom stereocenters. The zero-order valence-electron chi connectivity index (χ0n) is 18.2. The van der Waals surface area contributed by atoms with Gasteiger partial charge in [-0.3, -0.25) is 0 Å². The van der Waals surface area contributed by atoms with Crippen molar-refractivity contribution in [1.82, 2.24) is 0 Å². The van der Waals surface area contributed by atoms with Gasteiger partial charge in [-0.1, -0.05) is 63.0 Å². The Morgan fingerprint density at radius 2 is 1.60 bits per heavy atom. The molecule has 152 valence electrons. The van der Waals surface area contributed by atoms with E-state index in [1.807, 2.05) is 0 Å². The summed E-state index contributed by atoms with van der Waals surface area (Å²) < 4.78 is 0. The highest BCUT2D eigenvalue weighted by Gasteiger charge is 2.21. The van der Waals surface area contributed by atoms with Crippen molar-refractivity contribution in [3.8, 4) is 11.8 Å². The van der Waals surface area contributed by atoms with Gasteiger partial charge in [-0.05, 0) is 83.9 Å². The molecule has 1 aliphatic rings. The molecule has 2 aromatic rings. The fraction of sp³-hybridized carbons (Fsp3) is 0.250. The van der Waals surface area contributed by atoms with E-state index in [4.69, 9.17) is 5.11 Å². The Labute approximate surface area is 179 Å². The third kappa shape index (κ3) is 4.99. The normalized spacial score (nSPS) is 13.6. The van der Waals surface area contributed by atoms with Gasteiger partial charge in [0, 0.05) is 11.1 Å². The molecule has 3 rings (SSSR count). The fourth-order valence-corrected chi connectivity index (χ4v) is 3.53. The molecule has 0 aromatic heterocycles. The second-order valence-corrected chi connectivity index (χ2v) is 8.83. The van der Waals surface area contributed by atoms with E-state index in [9.17, 15) is 4.79 Å². The molecule has 30 heavy (non-hydrogen) atoms. The maximum atomic E-state index is 11.0. The molecule has 0 spiro atoms. The summed E-state index contributed by atoms with van der Waals surface area (Å²) in [6.07, 6.45) is 6.46. The topological polar surface area (TPSA) is 37.3 Å². The fourth-order valence-electron chi connectivity index (χ4n) is 3.53. The van der Waals surface area contributed by atoms with Crippen molar-refractivity contribution in [3.05, 3.63) is 100 Å². The summed E-state index contributed by atoms with van der Waals surface area (Å²) in [6, 6.07) is 13.0. The van der Waals surface area contributed by atoms with Gasteiger partial charge in [0.1, 0.15) is 0 Å². The molecule has 0 bridgehead atoms. The maximum Gasteiger partial charge on any atom is 0.335 e. The summed E-state index contributed by atoms with van der Waals surface area (Å²) in [4.78, 5) is 11.0. The Hall–Kier alpha value is -3.31. The van der Waals surface area contributed by atoms with Crippen LogP contribution >= 0.6 is 0 Å². The number of allylic oxidation sites excluding steroid dienone is 5. The van der Waals surface area contributed by atoms with Crippen LogP contribution < -0.4 is 0 Å². The highest BCUT2D eigenvalue weighted by molar-refractivity contribution is 5.87. The van der Waals surface area contributed by atoms with Gasteiger partial charge in [-0.2, -0.15) is 0 Å². The molecule has 0 saturated heterocycles. The predicted molar refractivity (Wildman–Crippen MR) is 125 cm³/mol. The predicted octanol–water partition coefficient (Wildman–Crippen LogP) is 6.76. The van der Waals surface area contributed by atoms with E-state index in [0.717, 1.165) is 35.1 Å². The Morgan fingerprint density at radius 3 is 2.17 bits per heavy atom. The van der Waals surface area contributed by atoms with Gasteiger partial charge in [0.2, 0.25) is 0 Å². The number of hydrogen-bond acceptors (Lipinski definition) is 1. The van der Waals surface area contributed by atoms with Crippen LogP contribution in [0.1, 0.15) is 73.1 Å². The first kappa shape index (κ1) is 21.4. The SMILES string of the molecule is C=C(C1=CC=C(C)CC1)c1cc(C#Cc2ccc(C(=O)O)cc2)ccc1C(C)(C)C. The van der Waals surface area contributed by atoms with E-state index in [-0.39, 0.29) is 11.0 Å². The summed E-state index contributed by atoms with van der Waals surface area (Å²) in [5, 5.41) is 9.03. The van der Waals surface area contributed by atoms with Gasteiger partial charge < -0.3 is 5.11 Å². The van der Waals surface area contributed by atoms with E-state index < -0.39 is 5.97 Å². The number of carbonyl (C=O) groups is 1. The third-order valence-corrected chi connectivity index (χ3v) is 5.38. The van der Waals surface area contributed by atoms with Gasteiger partial charge in [0.25, 0.3) is 0 Å². The zero-order chi connectivity index (χ0) is 21.9. The van der Waals surface area contributed by atoms with E-state index in [1.165, 1.54) is 16.7 Å². The van der Waals surface area contributed by atoms with Crippen LogP contribution in [-0.2, 0) is 5.41 Å². The average molecular weight is 397 g/mol. The molecule has 0 amide bonds. The summed E-state index contributed by atoms with van der Waals surface area (Å²) in [5.74, 6) is 5.43. The molecule has 1 N–H and O–H groups in total. The lowest BCUT2D eigenvalue weighted by Gasteiger charge is -2.25. The Balaban J connectivity index is 1.98. The van der Waals surface area contributed by atoms with Crippen molar-refractivity contribution >= 4 is 11.5 Å². The first-order chi connectivity index (χ1) is 14.1. The van der Waals surface area contributed by atoms with Crippen LogP contribution in [0.3, 0.4) is 0 Å². The van der Waals surface area contributed by atoms with Crippen LogP contribution in [0.5, 0.6) is 0 Å². The van der Waals surface area contributed by atoms with Gasteiger partial charge in [0.05, 0.1) is 5.56 Å². The van der Waals surface area contributed by atoms with Crippen LogP contribution in [0.2, 0.25) is 0 Å². The standard InChI is InChI=1S/C28H28O2/c1-19-6-13-23(14-7-19)20(2)25-18-22(12-17-26(25)28(3,4)5)9-8-21-10-15-24(16-11-21)27(29)30/h6,10-13,15-18H,2,7,14H2,1,3-5H3,(H,29,30). The second-order valence-electron chi connectivity index (χ2n) is 8.83. The quantitative estimate of drug-likeness (QED) is 0.582. The van der Waals surface area contributed by atoms with Gasteiger partial charge in [-0.25, -0.2) is 4.79 Å². The molecule has 2 nitrogen and oxygen atoms in total. The molecule has 0 atom stereocenters. The number of carboxylic acid groups (broad SMARTS) is 1. The van der Waals surface area contributed by atoms with Gasteiger partial charge in [-0.15, -0.1) is 0 Å². The van der Waals surface area contributed by atoms with Crippen molar-refractivity contribution in [2.24, 2.45) is 0 Å². The number of rotatable bonds is 3. The zero-order valence-corrected chi connectivity index (χ0v) is 18.2. The lowest BCUT2D eigenvalue weighted by atomic mass is 9.79. The average Bonchev–Trinajstić information content (AvgIpc) is 2.71. The first-order valence-corrected chi connectivity index (χ1v) is 10.2. The van der Waals surface area contributed by atoms with Crippen molar-refractivity contribution in [1.29, 1.82) is 0 Å². The summed E-state index contributed by atoms with van der Waals surface area (Å²) in [5.41, 5.74) is 8.12. The number of benzene rings is 2. The minimum atomic E-state index is -0.933. The maximum absolute atomic E-state index is 11.0. The minimum absolute atomic E-state index is 0.00211. The van der Waals surface area contributed by atoms with Crippen LogP contribution in [-0.4, -0.2) is 11.1 Å². The summed E-state index contributed by atoms with van der Waals surface area (Å²) in [6.45, 7) is 13.2. The molecular formula is C28H28O2. The van der Waals surface area contributed by atoms with E-state index in [2.05, 4.69) is 76.5 Å². The summed E-state index contributed by atoms with van der Waals surface area (Å²) in [7, 11) is 0.